The first kappa shape index (κ1) is 11.1. The van der Waals surface area contributed by atoms with Crippen LogP contribution < -0.4 is 0 Å². The molecule has 2 fully saturated rings. The summed E-state index contributed by atoms with van der Waals surface area (Å²) in [6.45, 7) is 8.57. The van der Waals surface area contributed by atoms with Gasteiger partial charge in [0.05, 0.1) is 0 Å². The van der Waals surface area contributed by atoms with Gasteiger partial charge in [0.15, 0.2) is 0 Å². The van der Waals surface area contributed by atoms with E-state index in [0.717, 1.165) is 12.8 Å². The summed E-state index contributed by atoms with van der Waals surface area (Å²) in [6.07, 6.45) is 6.88. The van der Waals surface area contributed by atoms with Gasteiger partial charge in [-0.15, -0.1) is 0 Å². The lowest BCUT2D eigenvalue weighted by Crippen LogP contribution is -2.41. The van der Waals surface area contributed by atoms with Crippen LogP contribution in [0.3, 0.4) is 0 Å². The van der Waals surface area contributed by atoms with Crippen molar-refractivity contribution < 1.29 is 9.53 Å². The number of carbonyl (C=O) groups is 1. The molecule has 0 aromatic rings. The van der Waals surface area contributed by atoms with Gasteiger partial charge in [0.25, 0.3) is 0 Å². The van der Waals surface area contributed by atoms with Gasteiger partial charge in [0.1, 0.15) is 6.10 Å². The summed E-state index contributed by atoms with van der Waals surface area (Å²) in [5.74, 6) is 0.763. The summed E-state index contributed by atoms with van der Waals surface area (Å²) in [7, 11) is 0. The first-order valence-corrected chi connectivity index (χ1v) is 6.61. The lowest BCUT2D eigenvalue weighted by Gasteiger charge is -2.47. The second kappa shape index (κ2) is 3.47. The third-order valence-electron chi connectivity index (χ3n) is 5.29. The topological polar surface area (TPSA) is 26.3 Å². The first-order chi connectivity index (χ1) is 8.02. The lowest BCUT2D eigenvalue weighted by molar-refractivity contribution is -0.141. The van der Waals surface area contributed by atoms with Gasteiger partial charge in [-0.1, -0.05) is 32.1 Å². The molecule has 1 aliphatic heterocycles. The average Bonchev–Trinajstić information content (AvgIpc) is 2.54. The molecular formula is C15H20O2. The Morgan fingerprint density at radius 1 is 1.53 bits per heavy atom. The highest BCUT2D eigenvalue weighted by molar-refractivity contribution is 5.91. The zero-order valence-corrected chi connectivity index (χ0v) is 10.7. The molecule has 1 heterocycles. The van der Waals surface area contributed by atoms with E-state index in [1.807, 2.05) is 0 Å². The molecule has 0 N–H and O–H groups in total. The van der Waals surface area contributed by atoms with Gasteiger partial charge >= 0.3 is 5.97 Å². The van der Waals surface area contributed by atoms with E-state index in [4.69, 9.17) is 4.74 Å². The fourth-order valence-corrected chi connectivity index (χ4v) is 3.79. The molecule has 1 saturated carbocycles. The van der Waals surface area contributed by atoms with Gasteiger partial charge in [0.2, 0.25) is 0 Å². The van der Waals surface area contributed by atoms with E-state index in [-0.39, 0.29) is 23.4 Å². The van der Waals surface area contributed by atoms with Gasteiger partial charge in [-0.05, 0) is 37.0 Å². The van der Waals surface area contributed by atoms with Crippen LogP contribution in [0.4, 0.5) is 0 Å². The van der Waals surface area contributed by atoms with Crippen molar-refractivity contribution in [3.05, 3.63) is 23.8 Å². The van der Waals surface area contributed by atoms with E-state index in [1.165, 1.54) is 18.4 Å². The molecule has 92 valence electrons. The van der Waals surface area contributed by atoms with Crippen molar-refractivity contribution in [2.75, 3.05) is 0 Å². The Morgan fingerprint density at radius 3 is 3.06 bits per heavy atom. The molecular weight excluding hydrogens is 212 g/mol. The molecule has 2 heteroatoms. The molecule has 0 aromatic heterocycles. The Labute approximate surface area is 103 Å². The molecule has 1 saturated heterocycles. The zero-order valence-electron chi connectivity index (χ0n) is 10.7. The van der Waals surface area contributed by atoms with Crippen molar-refractivity contribution >= 4 is 5.97 Å². The minimum Gasteiger partial charge on any atom is -0.458 e. The quantitative estimate of drug-likeness (QED) is 0.364. The molecule has 17 heavy (non-hydrogen) atoms. The summed E-state index contributed by atoms with van der Waals surface area (Å²) < 4.78 is 5.47. The maximum absolute atomic E-state index is 11.6. The Balaban J connectivity index is 1.95. The highest BCUT2D eigenvalue weighted by Crippen LogP contribution is 2.55. The molecule has 3 aliphatic rings. The fourth-order valence-electron chi connectivity index (χ4n) is 3.79. The summed E-state index contributed by atoms with van der Waals surface area (Å²) >= 11 is 0. The predicted molar refractivity (Wildman–Crippen MR) is 66.3 cm³/mol. The van der Waals surface area contributed by atoms with Gasteiger partial charge in [-0.25, -0.2) is 4.79 Å². The molecule has 0 aromatic carbocycles. The predicted octanol–water partition coefficient (Wildman–Crippen LogP) is 3.24. The average molecular weight is 232 g/mol. The maximum atomic E-state index is 11.6. The first-order valence-electron chi connectivity index (χ1n) is 6.61. The SMILES string of the molecule is C=C1C(=O)O[C@@H]2C[C@]3(C)C(=CCC[C@@H]3C)C[C@H]12. The Hall–Kier alpha value is -1.05. The van der Waals surface area contributed by atoms with Crippen LogP contribution in [0.25, 0.3) is 0 Å². The minimum absolute atomic E-state index is 0.0812. The number of allylic oxidation sites excluding steroid dienone is 2. The molecule has 3 rings (SSSR count). The minimum atomic E-state index is -0.171. The normalized spacial score (nSPS) is 44.8. The molecule has 2 aliphatic carbocycles. The number of rotatable bonds is 0. The second-order valence-electron chi connectivity index (χ2n) is 6.11. The van der Waals surface area contributed by atoms with Crippen LogP contribution >= 0.6 is 0 Å². The third-order valence-corrected chi connectivity index (χ3v) is 5.29. The molecule has 2 nitrogen and oxygen atoms in total. The number of ether oxygens (including phenoxy) is 1. The third kappa shape index (κ3) is 1.42. The van der Waals surface area contributed by atoms with Crippen LogP contribution in [-0.4, -0.2) is 12.1 Å². The largest absolute Gasteiger partial charge is 0.458 e. The number of hydrogen-bond donors (Lipinski definition) is 0. The maximum Gasteiger partial charge on any atom is 0.334 e. The monoisotopic (exact) mass is 232 g/mol. The van der Waals surface area contributed by atoms with Crippen LogP contribution in [0.2, 0.25) is 0 Å². The van der Waals surface area contributed by atoms with E-state index in [2.05, 4.69) is 26.5 Å². The summed E-state index contributed by atoms with van der Waals surface area (Å²) in [5, 5.41) is 0. The Bertz CT molecular complexity index is 421. The van der Waals surface area contributed by atoms with Crippen molar-refractivity contribution in [2.24, 2.45) is 17.3 Å². The van der Waals surface area contributed by atoms with Crippen LogP contribution in [-0.2, 0) is 9.53 Å². The van der Waals surface area contributed by atoms with Crippen molar-refractivity contribution in [1.29, 1.82) is 0 Å². The zero-order chi connectivity index (χ0) is 12.2. The Kier molecular flexibility index (Phi) is 2.26. The molecule has 0 amide bonds. The fraction of sp³-hybridized carbons (Fsp3) is 0.667. The molecule has 4 atom stereocenters. The number of esters is 1. The molecule has 0 bridgehead atoms. The van der Waals surface area contributed by atoms with Crippen LogP contribution in [0.5, 0.6) is 0 Å². The smallest absolute Gasteiger partial charge is 0.334 e. The van der Waals surface area contributed by atoms with E-state index < -0.39 is 0 Å². The van der Waals surface area contributed by atoms with Crippen LogP contribution in [0.1, 0.15) is 39.5 Å². The molecule has 0 spiro atoms. The standard InChI is InChI=1S/C15H20O2/c1-9-5-4-6-11-7-12-10(2)14(16)17-13(12)8-15(9,11)3/h6,9,12-13H,2,4-5,7-8H2,1,3H3/t9-,12+,13+,15-/m0/s1. The lowest BCUT2D eigenvalue weighted by atomic mass is 9.58. The number of fused-ring (bicyclic) bond motifs is 2. The van der Waals surface area contributed by atoms with Crippen molar-refractivity contribution in [3.8, 4) is 0 Å². The van der Waals surface area contributed by atoms with Crippen molar-refractivity contribution in [1.82, 2.24) is 0 Å². The summed E-state index contributed by atoms with van der Waals surface area (Å²) in [5.41, 5.74) is 2.47. The van der Waals surface area contributed by atoms with Gasteiger partial charge in [-0.2, -0.15) is 0 Å². The van der Waals surface area contributed by atoms with Crippen molar-refractivity contribution in [3.63, 3.8) is 0 Å². The van der Waals surface area contributed by atoms with Gasteiger partial charge < -0.3 is 4.74 Å². The number of carbonyl (C=O) groups excluding carboxylic acids is 1. The van der Waals surface area contributed by atoms with Gasteiger partial charge in [-0.3, -0.25) is 0 Å². The summed E-state index contributed by atoms with van der Waals surface area (Å²) in [4.78, 5) is 11.6. The summed E-state index contributed by atoms with van der Waals surface area (Å²) in [6, 6.07) is 0. The van der Waals surface area contributed by atoms with E-state index in [0.29, 0.717) is 11.5 Å². The Morgan fingerprint density at radius 2 is 2.29 bits per heavy atom. The second-order valence-corrected chi connectivity index (χ2v) is 6.11. The molecule has 0 radical (unpaired) electrons. The van der Waals surface area contributed by atoms with E-state index >= 15 is 0 Å². The van der Waals surface area contributed by atoms with Crippen molar-refractivity contribution in [2.45, 2.75) is 45.6 Å². The van der Waals surface area contributed by atoms with Gasteiger partial charge in [0, 0.05) is 11.5 Å². The highest BCUT2D eigenvalue weighted by Gasteiger charge is 2.51. The van der Waals surface area contributed by atoms with E-state index in [9.17, 15) is 4.79 Å². The number of hydrogen-bond acceptors (Lipinski definition) is 2. The highest BCUT2D eigenvalue weighted by atomic mass is 16.6. The van der Waals surface area contributed by atoms with Crippen LogP contribution in [0.15, 0.2) is 23.8 Å². The molecule has 0 unspecified atom stereocenters. The van der Waals surface area contributed by atoms with E-state index in [1.54, 1.807) is 0 Å². The van der Waals surface area contributed by atoms with Crippen LogP contribution in [0, 0.1) is 17.3 Å².